The maximum atomic E-state index is 12.1. The van der Waals surface area contributed by atoms with Gasteiger partial charge in [0, 0.05) is 0 Å². The second-order valence-electron chi connectivity index (χ2n) is 8.08. The smallest absolute Gasteiger partial charge is 0.311 e. The highest BCUT2D eigenvalue weighted by Gasteiger charge is 2.26. The number of aliphatic hydroxyl groups excluding tert-OH is 2. The molecule has 0 saturated heterocycles. The van der Waals surface area contributed by atoms with E-state index >= 15 is 0 Å². The monoisotopic (exact) mass is 384 g/mol. The lowest BCUT2D eigenvalue weighted by atomic mass is 9.90. The minimum atomic E-state index is -1.44. The van der Waals surface area contributed by atoms with Crippen LogP contribution in [0.5, 0.6) is 0 Å². The van der Waals surface area contributed by atoms with Crippen LogP contribution in [-0.2, 0) is 9.53 Å². The average molecular weight is 385 g/mol. The lowest BCUT2D eigenvalue weighted by Crippen LogP contribution is -2.33. The molecule has 27 heavy (non-hydrogen) atoms. The van der Waals surface area contributed by atoms with Crippen molar-refractivity contribution < 1.29 is 19.7 Å². The van der Waals surface area contributed by atoms with Crippen molar-refractivity contribution in [2.75, 3.05) is 0 Å². The molecule has 0 rings (SSSR count). The minimum absolute atomic E-state index is 0.159. The molecular weight excluding hydrogens is 340 g/mol. The number of hydrogen-bond acceptors (Lipinski definition) is 4. The summed E-state index contributed by atoms with van der Waals surface area (Å²) < 4.78 is 4.95. The van der Waals surface area contributed by atoms with Gasteiger partial charge in [-0.25, -0.2) is 0 Å². The lowest BCUT2D eigenvalue weighted by molar-refractivity contribution is -0.190. The highest BCUT2D eigenvalue weighted by Crippen LogP contribution is 2.21. The van der Waals surface area contributed by atoms with Crippen LogP contribution in [0.4, 0.5) is 0 Å². The number of ether oxygens (including phenoxy) is 1. The predicted molar refractivity (Wildman–Crippen MR) is 112 cm³/mol. The summed E-state index contributed by atoms with van der Waals surface area (Å²) in [6.07, 6.45) is 16.5. The van der Waals surface area contributed by atoms with Crippen molar-refractivity contribution in [2.24, 2.45) is 11.8 Å². The Balaban J connectivity index is 3.79. The van der Waals surface area contributed by atoms with Gasteiger partial charge in [0.15, 0.2) is 0 Å². The predicted octanol–water partition coefficient (Wildman–Crippen LogP) is 5.76. The number of hydrogen-bond donors (Lipinski definition) is 2. The standard InChI is InChI=1S/C23H44O4/c1-5-6-7-8-9-10-11-12-13-14-15-16-17-18-21(19(2)3)23(26)27-22(25)20(4)24/h13-14,19-22,24-25H,5-12,15-18H2,1-4H3/b14-13+. The molecule has 0 aliphatic rings. The molecule has 3 atom stereocenters. The van der Waals surface area contributed by atoms with Crippen LogP contribution < -0.4 is 0 Å². The van der Waals surface area contributed by atoms with Crippen LogP contribution in [0.15, 0.2) is 12.2 Å². The summed E-state index contributed by atoms with van der Waals surface area (Å²) in [5.41, 5.74) is 0. The van der Waals surface area contributed by atoms with Crippen LogP contribution in [0, 0.1) is 11.8 Å². The fourth-order valence-electron chi connectivity index (χ4n) is 3.11. The Morgan fingerprint density at radius 1 is 0.852 bits per heavy atom. The maximum absolute atomic E-state index is 12.1. The van der Waals surface area contributed by atoms with E-state index in [9.17, 15) is 15.0 Å². The molecule has 0 fully saturated rings. The van der Waals surface area contributed by atoms with Crippen LogP contribution in [0.3, 0.4) is 0 Å². The van der Waals surface area contributed by atoms with Gasteiger partial charge in [0.05, 0.1) is 5.92 Å². The van der Waals surface area contributed by atoms with Crippen LogP contribution in [0.25, 0.3) is 0 Å². The van der Waals surface area contributed by atoms with E-state index in [4.69, 9.17) is 4.74 Å². The van der Waals surface area contributed by atoms with E-state index in [2.05, 4.69) is 19.1 Å². The molecule has 0 saturated carbocycles. The summed E-state index contributed by atoms with van der Waals surface area (Å²) >= 11 is 0. The van der Waals surface area contributed by atoms with Crippen LogP contribution in [0.2, 0.25) is 0 Å². The number of allylic oxidation sites excluding steroid dienone is 2. The Morgan fingerprint density at radius 3 is 1.89 bits per heavy atom. The first-order valence-corrected chi connectivity index (χ1v) is 11.1. The molecule has 0 aliphatic heterocycles. The number of carbonyl (C=O) groups is 1. The van der Waals surface area contributed by atoms with Crippen molar-refractivity contribution in [2.45, 2.75) is 117 Å². The second kappa shape index (κ2) is 17.2. The molecule has 160 valence electrons. The molecule has 0 aromatic heterocycles. The van der Waals surface area contributed by atoms with E-state index in [0.29, 0.717) is 0 Å². The van der Waals surface area contributed by atoms with Crippen molar-refractivity contribution in [1.82, 2.24) is 0 Å². The fourth-order valence-corrected chi connectivity index (χ4v) is 3.11. The lowest BCUT2D eigenvalue weighted by Gasteiger charge is -2.22. The summed E-state index contributed by atoms with van der Waals surface area (Å²) in [7, 11) is 0. The molecule has 3 unspecified atom stereocenters. The molecule has 0 spiro atoms. The molecular formula is C23H44O4. The quantitative estimate of drug-likeness (QED) is 0.145. The molecule has 0 bridgehead atoms. The van der Waals surface area contributed by atoms with Crippen molar-refractivity contribution in [3.63, 3.8) is 0 Å². The van der Waals surface area contributed by atoms with Gasteiger partial charge >= 0.3 is 5.97 Å². The molecule has 2 N–H and O–H groups in total. The zero-order valence-corrected chi connectivity index (χ0v) is 18.2. The molecule has 0 aromatic rings. The molecule has 0 aliphatic carbocycles. The second-order valence-corrected chi connectivity index (χ2v) is 8.08. The zero-order chi connectivity index (χ0) is 20.5. The van der Waals surface area contributed by atoms with Crippen LogP contribution >= 0.6 is 0 Å². The average Bonchev–Trinajstić information content (AvgIpc) is 2.61. The van der Waals surface area contributed by atoms with Gasteiger partial charge in [-0.1, -0.05) is 77.9 Å². The Hall–Kier alpha value is -0.870. The van der Waals surface area contributed by atoms with Crippen LogP contribution in [-0.4, -0.2) is 28.6 Å². The Kier molecular flexibility index (Phi) is 16.7. The van der Waals surface area contributed by atoms with Crippen LogP contribution in [0.1, 0.15) is 105 Å². The largest absolute Gasteiger partial charge is 0.433 e. The van der Waals surface area contributed by atoms with Gasteiger partial charge in [-0.2, -0.15) is 0 Å². The van der Waals surface area contributed by atoms with E-state index in [1.54, 1.807) is 0 Å². The van der Waals surface area contributed by atoms with Crippen molar-refractivity contribution >= 4 is 5.97 Å². The summed E-state index contributed by atoms with van der Waals surface area (Å²) in [4.78, 5) is 12.1. The SMILES string of the molecule is CCCCCCCCC/C=C/CCCCC(C(=O)OC(O)C(C)O)C(C)C. The zero-order valence-electron chi connectivity index (χ0n) is 18.2. The number of esters is 1. The highest BCUT2D eigenvalue weighted by atomic mass is 16.6. The topological polar surface area (TPSA) is 66.8 Å². The van der Waals surface area contributed by atoms with Crippen molar-refractivity contribution in [3.05, 3.63) is 12.2 Å². The third-order valence-corrected chi connectivity index (χ3v) is 5.03. The number of carbonyl (C=O) groups excluding carboxylic acids is 1. The van der Waals surface area contributed by atoms with Gasteiger partial charge in [-0.15, -0.1) is 0 Å². The van der Waals surface area contributed by atoms with Gasteiger partial charge in [-0.3, -0.25) is 4.79 Å². The Bertz CT molecular complexity index is 377. The van der Waals surface area contributed by atoms with Gasteiger partial charge in [0.1, 0.15) is 6.10 Å². The summed E-state index contributed by atoms with van der Waals surface area (Å²) in [5, 5.41) is 18.8. The van der Waals surface area contributed by atoms with Crippen molar-refractivity contribution in [1.29, 1.82) is 0 Å². The molecule has 4 nitrogen and oxygen atoms in total. The molecule has 0 amide bonds. The van der Waals surface area contributed by atoms with E-state index in [1.807, 2.05) is 13.8 Å². The summed E-state index contributed by atoms with van der Waals surface area (Å²) in [6.45, 7) is 7.63. The summed E-state index contributed by atoms with van der Waals surface area (Å²) in [6, 6.07) is 0. The van der Waals surface area contributed by atoms with E-state index in [1.165, 1.54) is 58.3 Å². The number of aliphatic hydroxyl groups is 2. The first-order chi connectivity index (χ1) is 12.9. The van der Waals surface area contributed by atoms with Gasteiger partial charge in [0.2, 0.25) is 6.29 Å². The number of rotatable bonds is 17. The van der Waals surface area contributed by atoms with Gasteiger partial charge < -0.3 is 14.9 Å². The first kappa shape index (κ1) is 26.1. The van der Waals surface area contributed by atoms with Crippen molar-refractivity contribution in [3.8, 4) is 0 Å². The molecule has 0 aromatic carbocycles. The van der Waals surface area contributed by atoms with Gasteiger partial charge in [-0.05, 0) is 44.9 Å². The van der Waals surface area contributed by atoms with E-state index < -0.39 is 18.4 Å². The highest BCUT2D eigenvalue weighted by molar-refractivity contribution is 5.72. The minimum Gasteiger partial charge on any atom is -0.433 e. The Morgan fingerprint density at radius 2 is 1.37 bits per heavy atom. The normalized spacial score (nSPS) is 15.2. The maximum Gasteiger partial charge on any atom is 0.311 e. The third-order valence-electron chi connectivity index (χ3n) is 5.03. The van der Waals surface area contributed by atoms with E-state index in [0.717, 1.165) is 25.7 Å². The fraction of sp³-hybridized carbons (Fsp3) is 0.870. The third kappa shape index (κ3) is 14.8. The molecule has 4 heteroatoms. The molecule has 0 heterocycles. The Labute approximate surface area is 167 Å². The summed E-state index contributed by atoms with van der Waals surface area (Å²) in [5.74, 6) is -0.477. The molecule has 0 radical (unpaired) electrons. The number of unbranched alkanes of at least 4 members (excludes halogenated alkanes) is 9. The first-order valence-electron chi connectivity index (χ1n) is 11.1. The van der Waals surface area contributed by atoms with Gasteiger partial charge in [0.25, 0.3) is 0 Å². The van der Waals surface area contributed by atoms with E-state index in [-0.39, 0.29) is 11.8 Å².